The molecule has 0 heterocycles. The highest BCUT2D eigenvalue weighted by atomic mass is 32.2. The second-order valence-corrected chi connectivity index (χ2v) is 4.88. The van der Waals surface area contributed by atoms with Crippen LogP contribution in [0.4, 0.5) is 0 Å². The highest BCUT2D eigenvalue weighted by Gasteiger charge is 2.25. The van der Waals surface area contributed by atoms with Gasteiger partial charge in [-0.1, -0.05) is 13.8 Å². The van der Waals surface area contributed by atoms with Crippen LogP contribution in [-0.2, 0) is 9.59 Å². The SMILES string of the molecule is CCC(C)N(CC(=O)O)C(=O)C(C)CSC. The van der Waals surface area contributed by atoms with E-state index in [1.54, 1.807) is 11.8 Å². The van der Waals surface area contributed by atoms with E-state index in [0.29, 0.717) is 0 Å². The Balaban J connectivity index is 4.61. The van der Waals surface area contributed by atoms with Gasteiger partial charge >= 0.3 is 5.97 Å². The van der Waals surface area contributed by atoms with Crippen LogP contribution in [0.2, 0.25) is 0 Å². The third-order valence-corrected chi connectivity index (χ3v) is 3.38. The second-order valence-electron chi connectivity index (χ2n) is 3.97. The maximum atomic E-state index is 12.0. The van der Waals surface area contributed by atoms with Crippen LogP contribution in [0.1, 0.15) is 27.2 Å². The number of carbonyl (C=O) groups is 2. The minimum Gasteiger partial charge on any atom is -0.480 e. The van der Waals surface area contributed by atoms with E-state index < -0.39 is 5.97 Å². The molecule has 0 rings (SSSR count). The van der Waals surface area contributed by atoms with Crippen LogP contribution in [0.15, 0.2) is 0 Å². The number of carbonyl (C=O) groups excluding carboxylic acids is 1. The van der Waals surface area contributed by atoms with Gasteiger partial charge < -0.3 is 10.0 Å². The lowest BCUT2D eigenvalue weighted by Crippen LogP contribution is -2.44. The van der Waals surface area contributed by atoms with Crippen molar-refractivity contribution in [1.29, 1.82) is 0 Å². The van der Waals surface area contributed by atoms with Crippen molar-refractivity contribution < 1.29 is 14.7 Å². The normalized spacial score (nSPS) is 14.2. The molecule has 16 heavy (non-hydrogen) atoms. The van der Waals surface area contributed by atoms with Gasteiger partial charge in [0.15, 0.2) is 0 Å². The van der Waals surface area contributed by atoms with E-state index in [1.807, 2.05) is 27.0 Å². The molecule has 0 radical (unpaired) electrons. The zero-order chi connectivity index (χ0) is 12.7. The molecule has 1 amide bonds. The number of aliphatic carboxylic acids is 1. The lowest BCUT2D eigenvalue weighted by molar-refractivity contribution is -0.147. The van der Waals surface area contributed by atoms with E-state index in [2.05, 4.69) is 0 Å². The fraction of sp³-hybridized carbons (Fsp3) is 0.818. The van der Waals surface area contributed by atoms with Crippen LogP contribution in [0.5, 0.6) is 0 Å². The molecule has 0 spiro atoms. The highest BCUT2D eigenvalue weighted by molar-refractivity contribution is 7.98. The zero-order valence-corrected chi connectivity index (χ0v) is 11.2. The number of amides is 1. The Morgan fingerprint density at radius 2 is 1.94 bits per heavy atom. The maximum Gasteiger partial charge on any atom is 0.323 e. The standard InChI is InChI=1S/C11H21NO3S/c1-5-9(3)12(6-10(13)14)11(15)8(2)7-16-4/h8-9H,5-7H2,1-4H3,(H,13,14). The van der Waals surface area contributed by atoms with Crippen molar-refractivity contribution in [2.24, 2.45) is 5.92 Å². The monoisotopic (exact) mass is 247 g/mol. The summed E-state index contributed by atoms with van der Waals surface area (Å²) >= 11 is 1.60. The molecule has 0 saturated heterocycles. The molecule has 0 bridgehead atoms. The van der Waals surface area contributed by atoms with Crippen LogP contribution in [0, 0.1) is 5.92 Å². The van der Waals surface area contributed by atoms with Crippen molar-refractivity contribution in [3.63, 3.8) is 0 Å². The number of thioether (sulfide) groups is 1. The van der Waals surface area contributed by atoms with Crippen LogP contribution in [-0.4, -0.2) is 46.5 Å². The largest absolute Gasteiger partial charge is 0.480 e. The first-order valence-corrected chi connectivity index (χ1v) is 6.84. The summed E-state index contributed by atoms with van der Waals surface area (Å²) in [7, 11) is 0. The molecule has 0 aromatic rings. The van der Waals surface area contributed by atoms with Gasteiger partial charge in [-0.25, -0.2) is 0 Å². The van der Waals surface area contributed by atoms with Gasteiger partial charge in [-0.2, -0.15) is 11.8 Å². The molecular weight excluding hydrogens is 226 g/mol. The molecule has 1 N–H and O–H groups in total. The lowest BCUT2D eigenvalue weighted by Gasteiger charge is -2.29. The molecule has 0 aromatic carbocycles. The minimum absolute atomic E-state index is 0.0205. The molecule has 0 saturated carbocycles. The summed E-state index contributed by atoms with van der Waals surface area (Å²) < 4.78 is 0. The molecule has 2 unspecified atom stereocenters. The maximum absolute atomic E-state index is 12.0. The Hall–Kier alpha value is -0.710. The third-order valence-electron chi connectivity index (χ3n) is 2.55. The summed E-state index contributed by atoms with van der Waals surface area (Å²) in [5.74, 6) is -0.412. The van der Waals surface area contributed by atoms with E-state index in [1.165, 1.54) is 4.90 Å². The average molecular weight is 247 g/mol. The molecular formula is C11H21NO3S. The fourth-order valence-electron chi connectivity index (χ4n) is 1.42. The van der Waals surface area contributed by atoms with Gasteiger partial charge in [0.2, 0.25) is 5.91 Å². The first kappa shape index (κ1) is 15.3. The van der Waals surface area contributed by atoms with Crippen molar-refractivity contribution in [2.75, 3.05) is 18.6 Å². The fourth-order valence-corrected chi connectivity index (χ4v) is 2.06. The van der Waals surface area contributed by atoms with Crippen molar-refractivity contribution in [2.45, 2.75) is 33.2 Å². The van der Waals surface area contributed by atoms with Gasteiger partial charge in [0.1, 0.15) is 6.54 Å². The van der Waals surface area contributed by atoms with Crippen LogP contribution < -0.4 is 0 Å². The van der Waals surface area contributed by atoms with Crippen LogP contribution >= 0.6 is 11.8 Å². The van der Waals surface area contributed by atoms with Gasteiger partial charge in [-0.05, 0) is 19.6 Å². The smallest absolute Gasteiger partial charge is 0.323 e. The lowest BCUT2D eigenvalue weighted by atomic mass is 10.1. The summed E-state index contributed by atoms with van der Waals surface area (Å²) in [5.41, 5.74) is 0. The number of carboxylic acid groups (broad SMARTS) is 1. The Morgan fingerprint density at radius 1 is 1.38 bits per heavy atom. The van der Waals surface area contributed by atoms with Gasteiger partial charge in [0, 0.05) is 17.7 Å². The number of rotatable bonds is 7. The van der Waals surface area contributed by atoms with Gasteiger partial charge in [0.25, 0.3) is 0 Å². The molecule has 0 aliphatic rings. The second kappa shape index (κ2) is 7.54. The molecule has 4 nitrogen and oxygen atoms in total. The number of hydrogen-bond donors (Lipinski definition) is 1. The van der Waals surface area contributed by atoms with E-state index >= 15 is 0 Å². The highest BCUT2D eigenvalue weighted by Crippen LogP contribution is 2.12. The van der Waals surface area contributed by atoms with Crippen molar-refractivity contribution in [3.8, 4) is 0 Å². The topological polar surface area (TPSA) is 57.6 Å². The van der Waals surface area contributed by atoms with E-state index in [0.717, 1.165) is 12.2 Å². The Labute approximate surface area is 101 Å². The van der Waals surface area contributed by atoms with Gasteiger partial charge in [-0.15, -0.1) is 0 Å². The Morgan fingerprint density at radius 3 is 2.31 bits per heavy atom. The minimum atomic E-state index is -0.954. The molecule has 0 aromatic heterocycles. The average Bonchev–Trinajstić information content (AvgIpc) is 2.24. The summed E-state index contributed by atoms with van der Waals surface area (Å²) in [6.45, 7) is 5.47. The first-order valence-electron chi connectivity index (χ1n) is 5.45. The van der Waals surface area contributed by atoms with E-state index in [4.69, 9.17) is 5.11 Å². The molecule has 2 atom stereocenters. The van der Waals surface area contributed by atoms with E-state index in [9.17, 15) is 9.59 Å². The zero-order valence-electron chi connectivity index (χ0n) is 10.4. The predicted molar refractivity (Wildman–Crippen MR) is 66.6 cm³/mol. The summed E-state index contributed by atoms with van der Waals surface area (Å²) in [4.78, 5) is 24.2. The van der Waals surface area contributed by atoms with Crippen molar-refractivity contribution in [1.82, 2.24) is 4.90 Å². The van der Waals surface area contributed by atoms with Crippen molar-refractivity contribution >= 4 is 23.6 Å². The quantitative estimate of drug-likeness (QED) is 0.744. The Kier molecular flexibility index (Phi) is 7.21. The molecule has 0 fully saturated rings. The number of nitrogens with zero attached hydrogens (tertiary/aromatic N) is 1. The third kappa shape index (κ3) is 4.88. The summed E-state index contributed by atoms with van der Waals surface area (Å²) in [5, 5.41) is 8.79. The molecule has 0 aliphatic carbocycles. The number of hydrogen-bond acceptors (Lipinski definition) is 3. The molecule has 94 valence electrons. The summed E-state index contributed by atoms with van der Waals surface area (Å²) in [6, 6.07) is -0.0205. The van der Waals surface area contributed by atoms with Crippen LogP contribution in [0.25, 0.3) is 0 Å². The molecule has 5 heteroatoms. The Bertz CT molecular complexity index is 245. The number of carboxylic acids is 1. The predicted octanol–water partition coefficient (Wildman–Crippen LogP) is 1.70. The molecule has 0 aliphatic heterocycles. The van der Waals surface area contributed by atoms with Gasteiger partial charge in [0.05, 0.1) is 0 Å². The first-order chi connectivity index (χ1) is 7.43. The van der Waals surface area contributed by atoms with E-state index in [-0.39, 0.29) is 24.4 Å². The van der Waals surface area contributed by atoms with Crippen molar-refractivity contribution in [3.05, 3.63) is 0 Å². The summed E-state index contributed by atoms with van der Waals surface area (Å²) in [6.07, 6.45) is 2.71. The van der Waals surface area contributed by atoms with Gasteiger partial charge in [-0.3, -0.25) is 9.59 Å². The van der Waals surface area contributed by atoms with Crippen LogP contribution in [0.3, 0.4) is 0 Å².